The number of rotatable bonds is 11. The van der Waals surface area contributed by atoms with E-state index in [-0.39, 0.29) is 35.0 Å². The number of benzene rings is 3. The molecule has 262 valence electrons. The van der Waals surface area contributed by atoms with E-state index in [1.807, 2.05) is 6.07 Å². The number of carbonyl (C=O) groups excluding carboxylic acids is 3. The van der Waals surface area contributed by atoms with Gasteiger partial charge in [0.25, 0.3) is 0 Å². The zero-order valence-electron chi connectivity index (χ0n) is 27.9. The summed E-state index contributed by atoms with van der Waals surface area (Å²) in [5, 5.41) is 2.48. The van der Waals surface area contributed by atoms with Gasteiger partial charge >= 0.3 is 12.1 Å². The summed E-state index contributed by atoms with van der Waals surface area (Å²) in [6, 6.07) is 16.7. The fourth-order valence-electron chi connectivity index (χ4n) is 5.71. The van der Waals surface area contributed by atoms with Crippen molar-refractivity contribution in [1.29, 1.82) is 0 Å². The number of aromatic nitrogens is 1. The van der Waals surface area contributed by atoms with Gasteiger partial charge in [-0.15, -0.1) is 0 Å². The first-order valence-electron chi connectivity index (χ1n) is 16.3. The van der Waals surface area contributed by atoms with E-state index >= 15 is 8.78 Å². The van der Waals surface area contributed by atoms with Crippen LogP contribution in [0, 0.1) is 17.5 Å². The molecule has 0 unspecified atom stereocenters. The minimum absolute atomic E-state index is 0.00713. The van der Waals surface area contributed by atoms with Gasteiger partial charge in [0.15, 0.2) is 5.78 Å². The van der Waals surface area contributed by atoms with E-state index in [4.69, 9.17) is 9.47 Å². The molecule has 1 saturated carbocycles. The Labute approximate surface area is 287 Å². The van der Waals surface area contributed by atoms with E-state index in [0.717, 1.165) is 53.6 Å². The summed E-state index contributed by atoms with van der Waals surface area (Å²) in [5.41, 5.74) is -1.61. The van der Waals surface area contributed by atoms with Gasteiger partial charge in [-0.3, -0.25) is 14.5 Å². The molecular formula is C38H38F3N3O6. The van der Waals surface area contributed by atoms with Crippen LogP contribution in [-0.4, -0.2) is 45.5 Å². The molecule has 0 radical (unpaired) electrons. The van der Waals surface area contributed by atoms with E-state index in [2.05, 4.69) is 10.3 Å². The largest absolute Gasteiger partial charge is 0.461 e. The minimum Gasteiger partial charge on any atom is -0.461 e. The summed E-state index contributed by atoms with van der Waals surface area (Å²) in [6.07, 6.45) is 2.10. The van der Waals surface area contributed by atoms with Crippen molar-refractivity contribution < 1.29 is 37.0 Å². The smallest absolute Gasteiger partial charge is 0.411 e. The number of halogens is 3. The second-order valence-electron chi connectivity index (χ2n) is 13.2. The number of hydrogen-bond donors (Lipinski definition) is 2. The number of anilines is 2. The first kappa shape index (κ1) is 35.9. The lowest BCUT2D eigenvalue weighted by molar-refractivity contribution is -0.155. The third-order valence-electron chi connectivity index (χ3n) is 8.11. The highest BCUT2D eigenvalue weighted by atomic mass is 19.1. The van der Waals surface area contributed by atoms with Gasteiger partial charge < -0.3 is 19.8 Å². The second kappa shape index (κ2) is 15.4. The molecule has 0 bridgehead atoms. The van der Waals surface area contributed by atoms with Crippen molar-refractivity contribution in [2.24, 2.45) is 0 Å². The molecule has 5 rings (SSSR count). The molecule has 1 amide bonds. The quantitative estimate of drug-likeness (QED) is 0.123. The number of pyridine rings is 1. The van der Waals surface area contributed by atoms with Gasteiger partial charge in [0.2, 0.25) is 5.56 Å². The maximum absolute atomic E-state index is 15.7. The molecule has 2 N–H and O–H groups in total. The van der Waals surface area contributed by atoms with Crippen LogP contribution in [0.2, 0.25) is 0 Å². The summed E-state index contributed by atoms with van der Waals surface area (Å²) in [4.78, 5) is 56.3. The molecule has 3 aromatic carbocycles. The Balaban J connectivity index is 1.47. The Morgan fingerprint density at radius 3 is 2.16 bits per heavy atom. The van der Waals surface area contributed by atoms with Crippen molar-refractivity contribution in [1.82, 2.24) is 9.88 Å². The van der Waals surface area contributed by atoms with Crippen molar-refractivity contribution in [2.75, 3.05) is 5.32 Å². The number of H-pyrrole nitrogens is 1. The van der Waals surface area contributed by atoms with E-state index < -0.39 is 64.7 Å². The summed E-state index contributed by atoms with van der Waals surface area (Å²) >= 11 is 0. The molecule has 1 aliphatic carbocycles. The highest BCUT2D eigenvalue weighted by Crippen LogP contribution is 2.29. The number of esters is 1. The van der Waals surface area contributed by atoms with Crippen LogP contribution in [0.1, 0.15) is 73.5 Å². The van der Waals surface area contributed by atoms with Crippen molar-refractivity contribution >= 4 is 29.4 Å². The first-order valence-corrected chi connectivity index (χ1v) is 16.3. The van der Waals surface area contributed by atoms with Gasteiger partial charge in [0.05, 0.1) is 12.1 Å². The number of carbonyl (C=O) groups is 3. The van der Waals surface area contributed by atoms with Crippen molar-refractivity contribution in [2.45, 2.75) is 77.2 Å². The molecule has 0 saturated heterocycles. The lowest BCUT2D eigenvalue weighted by Gasteiger charge is -2.33. The molecule has 12 heteroatoms. The number of amides is 1. The molecule has 9 nitrogen and oxygen atoms in total. The first-order chi connectivity index (χ1) is 23.8. The standard InChI is InChI=1S/C38H38F3N3O6/c1-38(2,3)50-37(48)44(31(21-23-9-5-4-6-10-23)36(47)49-27-11-7-8-12-27)22-24-19-29(40)33(30(41)20-24)43-35-28(17-18-32(45)42-35)34(46)25-13-15-26(39)16-14-25/h4-6,9-10,13-20,27,31H,7-8,11-12,21-22H2,1-3H3,(H2,42,43,45)/t31-/m0/s1. The van der Waals surface area contributed by atoms with Crippen LogP contribution in [0.3, 0.4) is 0 Å². The Bertz CT molecular complexity index is 1880. The van der Waals surface area contributed by atoms with Crippen molar-refractivity contribution in [3.63, 3.8) is 0 Å². The predicted octanol–water partition coefficient (Wildman–Crippen LogP) is 7.60. The minimum atomic E-state index is -1.19. The number of nitrogens with one attached hydrogen (secondary N) is 2. The van der Waals surface area contributed by atoms with Gasteiger partial charge in [-0.2, -0.15) is 0 Å². The number of ether oxygens (including phenoxy) is 2. The predicted molar refractivity (Wildman–Crippen MR) is 181 cm³/mol. The van der Waals surface area contributed by atoms with Crippen LogP contribution in [0.5, 0.6) is 0 Å². The number of aromatic amines is 1. The van der Waals surface area contributed by atoms with Gasteiger partial charge in [0, 0.05) is 18.1 Å². The van der Waals surface area contributed by atoms with Crippen LogP contribution in [0.25, 0.3) is 0 Å². The molecule has 1 aromatic heterocycles. The highest BCUT2D eigenvalue weighted by molar-refractivity contribution is 6.12. The van der Waals surface area contributed by atoms with E-state index in [0.29, 0.717) is 12.8 Å². The normalized spacial score (nSPS) is 13.8. The fourth-order valence-corrected chi connectivity index (χ4v) is 5.71. The average Bonchev–Trinajstić information content (AvgIpc) is 3.57. The van der Waals surface area contributed by atoms with E-state index in [1.54, 1.807) is 45.0 Å². The molecule has 1 fully saturated rings. The number of hydrogen-bond acceptors (Lipinski definition) is 7. The van der Waals surface area contributed by atoms with Crippen LogP contribution in [0.15, 0.2) is 83.7 Å². The zero-order chi connectivity index (χ0) is 36.0. The molecule has 0 spiro atoms. The fraction of sp³-hybridized carbons (Fsp3) is 0.316. The maximum Gasteiger partial charge on any atom is 0.411 e. The van der Waals surface area contributed by atoms with Crippen LogP contribution in [-0.2, 0) is 27.2 Å². The lowest BCUT2D eigenvalue weighted by atomic mass is 10.0. The summed E-state index contributed by atoms with van der Waals surface area (Å²) < 4.78 is 56.4. The van der Waals surface area contributed by atoms with Crippen LogP contribution < -0.4 is 10.9 Å². The monoisotopic (exact) mass is 689 g/mol. The third-order valence-corrected chi connectivity index (χ3v) is 8.11. The Morgan fingerprint density at radius 1 is 0.900 bits per heavy atom. The van der Waals surface area contributed by atoms with Gasteiger partial charge in [0.1, 0.15) is 46.7 Å². The van der Waals surface area contributed by atoms with Crippen LogP contribution in [0.4, 0.5) is 29.5 Å². The Kier molecular flexibility index (Phi) is 11.1. The van der Waals surface area contributed by atoms with Gasteiger partial charge in [-0.25, -0.2) is 22.8 Å². The molecule has 50 heavy (non-hydrogen) atoms. The molecular weight excluding hydrogens is 651 g/mol. The van der Waals surface area contributed by atoms with Crippen LogP contribution >= 0.6 is 0 Å². The second-order valence-corrected chi connectivity index (χ2v) is 13.2. The summed E-state index contributed by atoms with van der Waals surface area (Å²) in [5.74, 6) is -4.36. The number of nitrogens with zero attached hydrogens (tertiary/aromatic N) is 1. The molecule has 0 aliphatic heterocycles. The molecule has 1 aliphatic rings. The molecule has 1 atom stereocenters. The molecule has 4 aromatic rings. The molecule has 1 heterocycles. The van der Waals surface area contributed by atoms with Crippen molar-refractivity contribution in [3.05, 3.63) is 129 Å². The number of ketones is 1. The Hall–Kier alpha value is -5.39. The topological polar surface area (TPSA) is 118 Å². The zero-order valence-corrected chi connectivity index (χ0v) is 27.9. The maximum atomic E-state index is 15.7. The van der Waals surface area contributed by atoms with E-state index in [1.165, 1.54) is 18.2 Å². The average molecular weight is 690 g/mol. The summed E-state index contributed by atoms with van der Waals surface area (Å²) in [7, 11) is 0. The van der Waals surface area contributed by atoms with Crippen molar-refractivity contribution in [3.8, 4) is 0 Å². The Morgan fingerprint density at radius 2 is 1.54 bits per heavy atom. The SMILES string of the molecule is CC(C)(C)OC(=O)N(Cc1cc(F)c(Nc2[nH]c(=O)ccc2C(=O)c2ccc(F)cc2)c(F)c1)[C@@H](Cc1ccccc1)C(=O)OC1CCCC1. The van der Waals surface area contributed by atoms with Gasteiger partial charge in [-0.1, -0.05) is 30.3 Å². The van der Waals surface area contributed by atoms with Gasteiger partial charge in [-0.05, 0) is 100 Å². The van der Waals surface area contributed by atoms with E-state index in [9.17, 15) is 23.6 Å². The summed E-state index contributed by atoms with van der Waals surface area (Å²) in [6.45, 7) is 4.57. The highest BCUT2D eigenvalue weighted by Gasteiger charge is 2.36. The lowest BCUT2D eigenvalue weighted by Crippen LogP contribution is -2.49. The third kappa shape index (κ3) is 9.19.